The molecule has 3 aromatic carbocycles. The molecular weight excluding hydrogens is 341 g/mol. The van der Waals surface area contributed by atoms with Crippen LogP contribution < -0.4 is 9.46 Å². The van der Waals surface area contributed by atoms with Crippen LogP contribution in [0.3, 0.4) is 0 Å². The van der Waals surface area contributed by atoms with E-state index in [4.69, 9.17) is 4.74 Å². The van der Waals surface area contributed by atoms with E-state index in [1.165, 1.54) is 19.1 Å². The summed E-state index contributed by atoms with van der Waals surface area (Å²) in [6, 6.07) is 17.2. The van der Waals surface area contributed by atoms with Crippen molar-refractivity contribution in [2.24, 2.45) is 0 Å². The van der Waals surface area contributed by atoms with Crippen LogP contribution in [0.5, 0.6) is 5.75 Å². The molecule has 0 atom stereocenters. The molecule has 0 aliphatic carbocycles. The van der Waals surface area contributed by atoms with E-state index in [0.717, 1.165) is 16.8 Å². The van der Waals surface area contributed by atoms with E-state index in [-0.39, 0.29) is 23.6 Å². The van der Waals surface area contributed by atoms with Crippen LogP contribution in [0.2, 0.25) is 0 Å². The molecule has 25 heavy (non-hydrogen) atoms. The number of nitrogens with one attached hydrogen (secondary N) is 1. The monoisotopic (exact) mass is 359 g/mol. The summed E-state index contributed by atoms with van der Waals surface area (Å²) >= 11 is 0. The Morgan fingerprint density at radius 3 is 2.60 bits per heavy atom. The van der Waals surface area contributed by atoms with Crippen molar-refractivity contribution in [1.82, 2.24) is 4.72 Å². The minimum absolute atomic E-state index is 0.0385. The highest BCUT2D eigenvalue weighted by atomic mass is 32.2. The molecule has 0 unspecified atom stereocenters. The number of hydrogen-bond donors (Lipinski definition) is 1. The molecule has 0 fully saturated rings. The largest absolute Gasteiger partial charge is 0.492 e. The van der Waals surface area contributed by atoms with Crippen LogP contribution in [0.25, 0.3) is 10.8 Å². The first-order valence-corrected chi connectivity index (χ1v) is 9.32. The Bertz CT molecular complexity index is 997. The summed E-state index contributed by atoms with van der Waals surface area (Å²) in [5.74, 6) is 0.271. The van der Waals surface area contributed by atoms with E-state index in [2.05, 4.69) is 4.72 Å². The van der Waals surface area contributed by atoms with Crippen LogP contribution in [0.4, 0.5) is 4.39 Å². The normalized spacial score (nSPS) is 11.6. The van der Waals surface area contributed by atoms with Crippen LogP contribution in [0.1, 0.15) is 5.56 Å². The third-order valence-electron chi connectivity index (χ3n) is 3.84. The minimum Gasteiger partial charge on any atom is -0.492 e. The molecule has 0 saturated carbocycles. The van der Waals surface area contributed by atoms with E-state index in [1.54, 1.807) is 0 Å². The average molecular weight is 359 g/mol. The van der Waals surface area contributed by atoms with Gasteiger partial charge in [0.1, 0.15) is 18.2 Å². The van der Waals surface area contributed by atoms with E-state index < -0.39 is 15.8 Å². The van der Waals surface area contributed by atoms with Gasteiger partial charge in [0, 0.05) is 11.9 Å². The fraction of sp³-hybridized carbons (Fsp3) is 0.158. The van der Waals surface area contributed by atoms with Gasteiger partial charge in [0.15, 0.2) is 0 Å². The molecule has 0 spiro atoms. The highest BCUT2D eigenvalue weighted by Crippen LogP contribution is 2.24. The lowest BCUT2D eigenvalue weighted by Gasteiger charge is -2.11. The van der Waals surface area contributed by atoms with Crippen molar-refractivity contribution in [2.45, 2.75) is 11.8 Å². The standard InChI is InChI=1S/C19H18FNO3S/c1-14-13-16(9-10-18(14)20)25(22,23)21-11-12-24-19-8-4-6-15-5-2-3-7-17(15)19/h2-10,13,21H,11-12H2,1H3. The zero-order valence-corrected chi connectivity index (χ0v) is 14.5. The fourth-order valence-electron chi connectivity index (χ4n) is 2.53. The summed E-state index contributed by atoms with van der Waals surface area (Å²) in [5, 5.41) is 2.03. The van der Waals surface area contributed by atoms with E-state index in [0.29, 0.717) is 5.75 Å². The molecule has 6 heteroatoms. The molecule has 0 aliphatic rings. The molecule has 3 rings (SSSR count). The van der Waals surface area contributed by atoms with E-state index in [1.807, 2.05) is 42.5 Å². The Balaban J connectivity index is 1.63. The molecular formula is C19H18FNO3S. The van der Waals surface area contributed by atoms with Crippen molar-refractivity contribution in [3.05, 3.63) is 72.0 Å². The summed E-state index contributed by atoms with van der Waals surface area (Å²) in [6.45, 7) is 1.83. The summed E-state index contributed by atoms with van der Waals surface area (Å²) in [6.07, 6.45) is 0. The number of benzene rings is 3. The topological polar surface area (TPSA) is 55.4 Å². The molecule has 1 N–H and O–H groups in total. The summed E-state index contributed by atoms with van der Waals surface area (Å²) in [4.78, 5) is 0.0385. The maximum Gasteiger partial charge on any atom is 0.240 e. The van der Waals surface area contributed by atoms with Crippen LogP contribution >= 0.6 is 0 Å². The zero-order valence-electron chi connectivity index (χ0n) is 13.7. The highest BCUT2D eigenvalue weighted by Gasteiger charge is 2.14. The van der Waals surface area contributed by atoms with Gasteiger partial charge in [0.05, 0.1) is 4.90 Å². The zero-order chi connectivity index (χ0) is 17.9. The van der Waals surface area contributed by atoms with Gasteiger partial charge in [-0.05, 0) is 42.1 Å². The number of sulfonamides is 1. The number of hydrogen-bond acceptors (Lipinski definition) is 3. The van der Waals surface area contributed by atoms with Gasteiger partial charge in [-0.1, -0.05) is 36.4 Å². The van der Waals surface area contributed by atoms with Crippen LogP contribution in [-0.4, -0.2) is 21.6 Å². The van der Waals surface area contributed by atoms with Crippen molar-refractivity contribution >= 4 is 20.8 Å². The number of halogens is 1. The van der Waals surface area contributed by atoms with Gasteiger partial charge in [-0.3, -0.25) is 0 Å². The second-order valence-corrected chi connectivity index (χ2v) is 7.40. The van der Waals surface area contributed by atoms with Crippen molar-refractivity contribution in [3.63, 3.8) is 0 Å². The van der Waals surface area contributed by atoms with Crippen LogP contribution in [-0.2, 0) is 10.0 Å². The number of ether oxygens (including phenoxy) is 1. The lowest BCUT2D eigenvalue weighted by Crippen LogP contribution is -2.28. The SMILES string of the molecule is Cc1cc(S(=O)(=O)NCCOc2cccc3ccccc23)ccc1F. The molecule has 4 nitrogen and oxygen atoms in total. The first-order valence-electron chi connectivity index (χ1n) is 7.84. The van der Waals surface area contributed by atoms with E-state index >= 15 is 0 Å². The summed E-state index contributed by atoms with van der Waals surface area (Å²) < 4.78 is 45.9. The predicted octanol–water partition coefficient (Wildman–Crippen LogP) is 3.64. The Labute approximate surface area is 146 Å². The molecule has 0 saturated heterocycles. The molecule has 0 aliphatic heterocycles. The van der Waals surface area contributed by atoms with Gasteiger partial charge >= 0.3 is 0 Å². The van der Waals surface area contributed by atoms with Gasteiger partial charge < -0.3 is 4.74 Å². The smallest absolute Gasteiger partial charge is 0.240 e. The van der Waals surface area contributed by atoms with Crippen LogP contribution in [0.15, 0.2) is 65.6 Å². The number of aryl methyl sites for hydroxylation is 1. The first-order chi connectivity index (χ1) is 12.0. The predicted molar refractivity (Wildman–Crippen MR) is 95.8 cm³/mol. The highest BCUT2D eigenvalue weighted by molar-refractivity contribution is 7.89. The summed E-state index contributed by atoms with van der Waals surface area (Å²) in [5.41, 5.74) is 0.287. The third-order valence-corrected chi connectivity index (χ3v) is 5.30. The molecule has 0 bridgehead atoms. The molecule has 0 heterocycles. The van der Waals surface area contributed by atoms with Gasteiger partial charge in [0.2, 0.25) is 10.0 Å². The molecule has 0 amide bonds. The van der Waals surface area contributed by atoms with Crippen molar-refractivity contribution in [3.8, 4) is 5.75 Å². The number of rotatable bonds is 6. The quantitative estimate of drug-likeness (QED) is 0.684. The molecule has 130 valence electrons. The Morgan fingerprint density at radius 1 is 1.04 bits per heavy atom. The second kappa shape index (κ2) is 7.21. The van der Waals surface area contributed by atoms with Crippen LogP contribution in [0, 0.1) is 12.7 Å². The third kappa shape index (κ3) is 3.97. The van der Waals surface area contributed by atoms with Gasteiger partial charge in [0.25, 0.3) is 0 Å². The Morgan fingerprint density at radius 2 is 1.80 bits per heavy atom. The van der Waals surface area contributed by atoms with E-state index in [9.17, 15) is 12.8 Å². The average Bonchev–Trinajstić information content (AvgIpc) is 2.61. The Kier molecular flexibility index (Phi) is 5.01. The fourth-order valence-corrected chi connectivity index (χ4v) is 3.62. The van der Waals surface area contributed by atoms with Gasteiger partial charge in [-0.25, -0.2) is 17.5 Å². The maximum atomic E-state index is 13.3. The maximum absolute atomic E-state index is 13.3. The lowest BCUT2D eigenvalue weighted by atomic mass is 10.1. The number of fused-ring (bicyclic) bond motifs is 1. The van der Waals surface area contributed by atoms with Crippen molar-refractivity contribution in [1.29, 1.82) is 0 Å². The summed E-state index contributed by atoms with van der Waals surface area (Å²) in [7, 11) is -3.69. The second-order valence-electron chi connectivity index (χ2n) is 5.63. The lowest BCUT2D eigenvalue weighted by molar-refractivity contribution is 0.326. The van der Waals surface area contributed by atoms with Gasteiger partial charge in [-0.15, -0.1) is 0 Å². The first kappa shape index (κ1) is 17.4. The van der Waals surface area contributed by atoms with Crippen molar-refractivity contribution < 1.29 is 17.5 Å². The van der Waals surface area contributed by atoms with Gasteiger partial charge in [-0.2, -0.15) is 0 Å². The molecule has 0 radical (unpaired) electrons. The molecule has 3 aromatic rings. The Hall–Kier alpha value is -2.44. The minimum atomic E-state index is -3.69. The van der Waals surface area contributed by atoms with Crippen molar-refractivity contribution in [2.75, 3.05) is 13.2 Å². The molecule has 0 aromatic heterocycles.